The number of fused-ring (bicyclic) bond motifs is 1. The van der Waals surface area contributed by atoms with Gasteiger partial charge in [-0.2, -0.15) is 0 Å². The molecule has 0 spiro atoms. The Morgan fingerprint density at radius 1 is 0.833 bits per heavy atom. The van der Waals surface area contributed by atoms with Crippen LogP contribution in [0.1, 0.15) is 0 Å². The Labute approximate surface area is 100 Å². The molecule has 0 fully saturated rings. The molecule has 2 aromatic rings. The molecule has 2 rings (SSSR count). The van der Waals surface area contributed by atoms with Crippen LogP contribution in [0.5, 0.6) is 0 Å². The zero-order chi connectivity index (χ0) is 13.4. The van der Waals surface area contributed by atoms with Crippen LogP contribution in [0.2, 0.25) is 0 Å². The molecule has 0 atom stereocenters. The summed E-state index contributed by atoms with van der Waals surface area (Å²) in [5.74, 6) is 0. The number of hydrogen-bond acceptors (Lipinski definition) is 6. The van der Waals surface area contributed by atoms with Crippen molar-refractivity contribution in [2.45, 2.75) is 0 Å². The number of nitrogen functional groups attached to an aromatic ring is 2. The molecule has 2 aromatic carbocycles. The molecule has 92 valence electrons. The second-order valence-electron chi connectivity index (χ2n) is 3.62. The van der Waals surface area contributed by atoms with Crippen molar-refractivity contribution in [3.63, 3.8) is 0 Å². The van der Waals surface area contributed by atoms with E-state index in [0.717, 1.165) is 0 Å². The first kappa shape index (κ1) is 11.6. The minimum Gasteiger partial charge on any atom is -0.393 e. The number of nitro groups is 2. The third kappa shape index (κ3) is 1.56. The molecule has 4 N–H and O–H groups in total. The van der Waals surface area contributed by atoms with E-state index in [-0.39, 0.29) is 16.8 Å². The van der Waals surface area contributed by atoms with Gasteiger partial charge in [-0.25, -0.2) is 0 Å². The average Bonchev–Trinajstić information content (AvgIpc) is 2.27. The molecule has 0 heterocycles. The van der Waals surface area contributed by atoms with Gasteiger partial charge < -0.3 is 11.5 Å². The summed E-state index contributed by atoms with van der Waals surface area (Å²) < 4.78 is 0. The predicted octanol–water partition coefficient (Wildman–Crippen LogP) is 1.82. The lowest BCUT2D eigenvalue weighted by Gasteiger charge is -2.05. The fourth-order valence-corrected chi connectivity index (χ4v) is 1.81. The monoisotopic (exact) mass is 248 g/mol. The maximum absolute atomic E-state index is 11.0. The maximum Gasteiger partial charge on any atom is 0.306 e. The van der Waals surface area contributed by atoms with Gasteiger partial charge in [-0.05, 0) is 17.5 Å². The molecule has 0 saturated carbocycles. The second-order valence-corrected chi connectivity index (χ2v) is 3.62. The number of benzene rings is 2. The Hall–Kier alpha value is -2.90. The number of nitrogens with two attached hydrogens (primary N) is 2. The van der Waals surface area contributed by atoms with E-state index in [1.807, 2.05) is 0 Å². The van der Waals surface area contributed by atoms with E-state index in [1.165, 1.54) is 24.3 Å². The summed E-state index contributed by atoms with van der Waals surface area (Å²) in [5, 5.41) is 22.2. The molecule has 0 bridgehead atoms. The lowest BCUT2D eigenvalue weighted by atomic mass is 10.0. The predicted molar refractivity (Wildman–Crippen MR) is 66.1 cm³/mol. The number of anilines is 2. The summed E-state index contributed by atoms with van der Waals surface area (Å²) in [6.07, 6.45) is 0. The molecule has 0 radical (unpaired) electrons. The fourth-order valence-electron chi connectivity index (χ4n) is 1.81. The topological polar surface area (TPSA) is 138 Å². The van der Waals surface area contributed by atoms with E-state index >= 15 is 0 Å². The summed E-state index contributed by atoms with van der Waals surface area (Å²) in [6.45, 7) is 0. The van der Waals surface area contributed by atoms with Gasteiger partial charge in [0.15, 0.2) is 0 Å². The third-order valence-electron chi connectivity index (χ3n) is 2.56. The van der Waals surface area contributed by atoms with Crippen molar-refractivity contribution in [2.24, 2.45) is 0 Å². The molecule has 0 unspecified atom stereocenters. The molecule has 0 amide bonds. The van der Waals surface area contributed by atoms with Crippen LogP contribution in [-0.4, -0.2) is 9.85 Å². The van der Waals surface area contributed by atoms with Crippen LogP contribution >= 0.6 is 0 Å². The van der Waals surface area contributed by atoms with Crippen molar-refractivity contribution < 1.29 is 9.85 Å². The first-order valence-corrected chi connectivity index (χ1v) is 4.83. The first-order valence-electron chi connectivity index (χ1n) is 4.83. The minimum atomic E-state index is -0.746. The van der Waals surface area contributed by atoms with E-state index in [0.29, 0.717) is 5.39 Å². The molecule has 0 aliphatic heterocycles. The molecule has 0 aromatic heterocycles. The van der Waals surface area contributed by atoms with Crippen molar-refractivity contribution in [1.29, 1.82) is 0 Å². The van der Waals surface area contributed by atoms with Crippen molar-refractivity contribution in [1.82, 2.24) is 0 Å². The Kier molecular flexibility index (Phi) is 2.47. The summed E-state index contributed by atoms with van der Waals surface area (Å²) in [5.41, 5.74) is 9.74. The molecule has 0 aliphatic rings. The van der Waals surface area contributed by atoms with Gasteiger partial charge in [-0.15, -0.1) is 0 Å². The van der Waals surface area contributed by atoms with Gasteiger partial charge in [-0.3, -0.25) is 20.2 Å². The number of nitro benzene ring substituents is 2. The van der Waals surface area contributed by atoms with Gasteiger partial charge in [-0.1, -0.05) is 12.1 Å². The zero-order valence-corrected chi connectivity index (χ0v) is 8.99. The number of rotatable bonds is 2. The van der Waals surface area contributed by atoms with Gasteiger partial charge in [0.1, 0.15) is 16.8 Å². The molecule has 0 aliphatic carbocycles. The van der Waals surface area contributed by atoms with Crippen LogP contribution in [0, 0.1) is 20.2 Å². The van der Waals surface area contributed by atoms with E-state index in [4.69, 9.17) is 11.5 Å². The first-order chi connectivity index (χ1) is 8.43. The highest BCUT2D eigenvalue weighted by atomic mass is 16.6. The van der Waals surface area contributed by atoms with Gasteiger partial charge in [0.25, 0.3) is 0 Å². The highest BCUT2D eigenvalue weighted by Crippen LogP contribution is 2.40. The fraction of sp³-hybridized carbons (Fsp3) is 0. The van der Waals surface area contributed by atoms with Crippen LogP contribution in [0.25, 0.3) is 10.8 Å². The molecular weight excluding hydrogens is 240 g/mol. The van der Waals surface area contributed by atoms with E-state index in [1.54, 1.807) is 0 Å². The maximum atomic E-state index is 11.0. The Morgan fingerprint density at radius 3 is 1.56 bits per heavy atom. The van der Waals surface area contributed by atoms with E-state index < -0.39 is 21.2 Å². The van der Waals surface area contributed by atoms with E-state index in [9.17, 15) is 20.2 Å². The Balaban J connectivity index is 3.06. The van der Waals surface area contributed by atoms with Crippen molar-refractivity contribution in [3.05, 3.63) is 44.5 Å². The Morgan fingerprint density at radius 2 is 1.22 bits per heavy atom. The summed E-state index contributed by atoms with van der Waals surface area (Å²) >= 11 is 0. The normalized spacial score (nSPS) is 10.4. The SMILES string of the molecule is Nc1ccc2ccc(N)c([N+](=O)[O-])c2c1[N+](=O)[O-]. The molecule has 0 saturated heterocycles. The largest absolute Gasteiger partial charge is 0.393 e. The van der Waals surface area contributed by atoms with Gasteiger partial charge >= 0.3 is 11.4 Å². The molecule has 8 nitrogen and oxygen atoms in total. The van der Waals surface area contributed by atoms with Gasteiger partial charge in [0.2, 0.25) is 0 Å². The van der Waals surface area contributed by atoms with Gasteiger partial charge in [0.05, 0.1) is 9.85 Å². The smallest absolute Gasteiger partial charge is 0.306 e. The zero-order valence-electron chi connectivity index (χ0n) is 8.99. The van der Waals surface area contributed by atoms with Crippen molar-refractivity contribution >= 4 is 33.5 Å². The lowest BCUT2D eigenvalue weighted by Crippen LogP contribution is -2.01. The number of nitrogens with zero attached hydrogens (tertiary/aromatic N) is 2. The van der Waals surface area contributed by atoms with Gasteiger partial charge in [0, 0.05) is 0 Å². The quantitative estimate of drug-likeness (QED) is 0.472. The van der Waals surface area contributed by atoms with Crippen LogP contribution in [0.3, 0.4) is 0 Å². The highest BCUT2D eigenvalue weighted by Gasteiger charge is 2.27. The third-order valence-corrected chi connectivity index (χ3v) is 2.56. The standard InChI is InChI=1S/C10H8N4O4/c11-6-3-1-5-2-4-7(12)10(14(17)18)8(5)9(6)13(15)16/h1-4H,11-12H2. The molecule has 8 heteroatoms. The summed E-state index contributed by atoms with van der Waals surface area (Å²) in [6, 6.07) is 5.62. The van der Waals surface area contributed by atoms with Crippen molar-refractivity contribution in [2.75, 3.05) is 11.5 Å². The van der Waals surface area contributed by atoms with E-state index in [2.05, 4.69) is 0 Å². The Bertz CT molecular complexity index is 628. The molecular formula is C10H8N4O4. The number of hydrogen-bond donors (Lipinski definition) is 2. The molecule has 18 heavy (non-hydrogen) atoms. The van der Waals surface area contributed by atoms with Crippen LogP contribution in [0.15, 0.2) is 24.3 Å². The second kappa shape index (κ2) is 3.84. The highest BCUT2D eigenvalue weighted by molar-refractivity contribution is 6.05. The van der Waals surface area contributed by atoms with Crippen LogP contribution in [0.4, 0.5) is 22.7 Å². The summed E-state index contributed by atoms with van der Waals surface area (Å²) in [7, 11) is 0. The van der Waals surface area contributed by atoms with Crippen LogP contribution < -0.4 is 11.5 Å². The summed E-state index contributed by atoms with van der Waals surface area (Å²) in [4.78, 5) is 20.5. The lowest BCUT2D eigenvalue weighted by molar-refractivity contribution is -0.389. The minimum absolute atomic E-state index is 0.138. The van der Waals surface area contributed by atoms with Crippen molar-refractivity contribution in [3.8, 4) is 0 Å². The average molecular weight is 248 g/mol. The van der Waals surface area contributed by atoms with Crippen LogP contribution in [-0.2, 0) is 0 Å².